The van der Waals surface area contributed by atoms with Gasteiger partial charge < -0.3 is 0 Å². The molecule has 0 nitrogen and oxygen atoms in total. The van der Waals surface area contributed by atoms with Gasteiger partial charge in [-0.3, -0.25) is 0 Å². The summed E-state index contributed by atoms with van der Waals surface area (Å²) in [6, 6.07) is 0. The highest BCUT2D eigenvalue weighted by atomic mass is 79.9. The molecule has 0 rings (SSSR count). The predicted molar refractivity (Wildman–Crippen MR) is 109 cm³/mol. The summed E-state index contributed by atoms with van der Waals surface area (Å²) < 4.78 is 0. The summed E-state index contributed by atoms with van der Waals surface area (Å²) in [4.78, 5) is 0. The van der Waals surface area contributed by atoms with Gasteiger partial charge in [-0.2, -0.15) is 0 Å². The normalized spacial score (nSPS) is 13.9. The zero-order chi connectivity index (χ0) is 13.3. The van der Waals surface area contributed by atoms with Crippen LogP contribution in [0.1, 0.15) is 67.2 Å². The Balaban J connectivity index is -0.00000128. The maximum Gasteiger partial charge on any atom is -0.0116 e. The molecular formula is C15H36Br2P2. The van der Waals surface area contributed by atoms with Crippen molar-refractivity contribution in [3.8, 4) is 0 Å². The third-order valence-electron chi connectivity index (χ3n) is 3.42. The first kappa shape index (κ1) is 25.8. The number of unbranched alkanes of at least 4 members (excludes halogenated alkanes) is 2. The van der Waals surface area contributed by atoms with Crippen LogP contribution in [-0.4, -0.2) is 29.5 Å². The second kappa shape index (κ2) is 16.2. The van der Waals surface area contributed by atoms with E-state index in [2.05, 4.69) is 41.5 Å². The first-order chi connectivity index (χ1) is 8.02. The Labute approximate surface area is 146 Å². The van der Waals surface area contributed by atoms with E-state index < -0.39 is 0 Å². The van der Waals surface area contributed by atoms with Gasteiger partial charge in [0.1, 0.15) is 0 Å². The first-order valence-corrected chi connectivity index (χ1v) is 11.1. The fourth-order valence-corrected chi connectivity index (χ4v) is 10.0. The summed E-state index contributed by atoms with van der Waals surface area (Å²) in [5, 5.41) is 0. The summed E-state index contributed by atoms with van der Waals surface area (Å²) in [7, 11) is 0.630. The minimum absolute atomic E-state index is 0. The van der Waals surface area contributed by atoms with Crippen molar-refractivity contribution in [1.82, 2.24) is 0 Å². The molecule has 0 radical (unpaired) electrons. The number of hydrogen-bond acceptors (Lipinski definition) is 0. The van der Waals surface area contributed by atoms with Gasteiger partial charge >= 0.3 is 0 Å². The van der Waals surface area contributed by atoms with Crippen LogP contribution in [0.5, 0.6) is 0 Å². The van der Waals surface area contributed by atoms with E-state index in [1.165, 1.54) is 38.0 Å². The SMILES string of the molecule is Br.Br.CCCCP(CP(CCCC)C(C)C)C(C)C. The molecule has 0 aromatic carbocycles. The quantitative estimate of drug-likeness (QED) is 0.310. The van der Waals surface area contributed by atoms with E-state index in [-0.39, 0.29) is 34.0 Å². The number of halogens is 2. The second-order valence-electron chi connectivity index (χ2n) is 5.66. The zero-order valence-electron chi connectivity index (χ0n) is 13.8. The third kappa shape index (κ3) is 13.2. The van der Waals surface area contributed by atoms with Crippen LogP contribution in [0.3, 0.4) is 0 Å². The summed E-state index contributed by atoms with van der Waals surface area (Å²) in [6.45, 7) is 14.5. The lowest BCUT2D eigenvalue weighted by molar-refractivity contribution is 0.879. The Hall–Kier alpha value is 1.82. The molecule has 0 amide bonds. The van der Waals surface area contributed by atoms with Crippen LogP contribution < -0.4 is 0 Å². The molecule has 0 spiro atoms. The van der Waals surface area contributed by atoms with Crippen molar-refractivity contribution in [2.45, 2.75) is 78.5 Å². The Morgan fingerprint density at radius 2 is 1.00 bits per heavy atom. The van der Waals surface area contributed by atoms with Crippen molar-refractivity contribution in [3.05, 3.63) is 0 Å². The van der Waals surface area contributed by atoms with Crippen molar-refractivity contribution in [2.75, 3.05) is 18.2 Å². The lowest BCUT2D eigenvalue weighted by Gasteiger charge is -2.30. The van der Waals surface area contributed by atoms with Gasteiger partial charge in [-0.1, -0.05) is 70.2 Å². The molecule has 0 saturated heterocycles. The van der Waals surface area contributed by atoms with Crippen molar-refractivity contribution in [1.29, 1.82) is 0 Å². The Morgan fingerprint density at radius 1 is 0.684 bits per heavy atom. The molecule has 0 aliphatic carbocycles. The third-order valence-corrected chi connectivity index (χ3v) is 11.0. The highest BCUT2D eigenvalue weighted by molar-refractivity contribution is 8.93. The zero-order valence-corrected chi connectivity index (χ0v) is 19.0. The molecule has 0 saturated carbocycles. The predicted octanol–water partition coefficient (Wildman–Crippen LogP) is 7.48. The minimum atomic E-state index is 0. The maximum atomic E-state index is 2.45. The van der Waals surface area contributed by atoms with Crippen molar-refractivity contribution in [2.24, 2.45) is 0 Å². The lowest BCUT2D eigenvalue weighted by atomic mass is 10.4. The van der Waals surface area contributed by atoms with Gasteiger partial charge in [0.15, 0.2) is 0 Å². The molecular weight excluding hydrogens is 402 g/mol. The van der Waals surface area contributed by atoms with Crippen LogP contribution in [-0.2, 0) is 0 Å². The van der Waals surface area contributed by atoms with Crippen LogP contribution in [0.2, 0.25) is 0 Å². The van der Waals surface area contributed by atoms with Crippen LogP contribution >= 0.6 is 49.8 Å². The van der Waals surface area contributed by atoms with Gasteiger partial charge in [-0.25, -0.2) is 0 Å². The Bertz CT molecular complexity index is 158. The largest absolute Gasteiger partial charge is 0.114 e. The summed E-state index contributed by atoms with van der Waals surface area (Å²) in [5.74, 6) is 1.60. The maximum absolute atomic E-state index is 2.45. The van der Waals surface area contributed by atoms with Crippen molar-refractivity contribution in [3.63, 3.8) is 0 Å². The van der Waals surface area contributed by atoms with E-state index in [4.69, 9.17) is 0 Å². The molecule has 0 aliphatic heterocycles. The smallest absolute Gasteiger partial charge is 0.0116 e. The Morgan fingerprint density at radius 3 is 1.21 bits per heavy atom. The van der Waals surface area contributed by atoms with Gasteiger partial charge in [0.2, 0.25) is 0 Å². The lowest BCUT2D eigenvalue weighted by Crippen LogP contribution is -2.06. The molecule has 0 bridgehead atoms. The summed E-state index contributed by atoms with van der Waals surface area (Å²) >= 11 is 0. The molecule has 4 heteroatoms. The van der Waals surface area contributed by atoms with Gasteiger partial charge in [0.05, 0.1) is 0 Å². The molecule has 0 N–H and O–H groups in total. The monoisotopic (exact) mass is 436 g/mol. The fourth-order valence-electron chi connectivity index (χ4n) is 1.94. The molecule has 0 aromatic rings. The van der Waals surface area contributed by atoms with E-state index in [9.17, 15) is 0 Å². The van der Waals surface area contributed by atoms with Gasteiger partial charge in [-0.15, -0.1) is 34.0 Å². The van der Waals surface area contributed by atoms with E-state index in [1.807, 2.05) is 0 Å². The highest BCUT2D eigenvalue weighted by Crippen LogP contribution is 2.56. The first-order valence-electron chi connectivity index (χ1n) is 7.50. The number of hydrogen-bond donors (Lipinski definition) is 0. The summed E-state index contributed by atoms with van der Waals surface area (Å²) in [5.41, 5.74) is 1.89. The molecule has 0 heterocycles. The van der Waals surface area contributed by atoms with Crippen LogP contribution in [0.25, 0.3) is 0 Å². The molecule has 120 valence electrons. The van der Waals surface area contributed by atoms with Crippen LogP contribution in [0.4, 0.5) is 0 Å². The minimum Gasteiger partial charge on any atom is -0.114 e. The molecule has 19 heavy (non-hydrogen) atoms. The van der Waals surface area contributed by atoms with E-state index >= 15 is 0 Å². The van der Waals surface area contributed by atoms with E-state index in [0.717, 1.165) is 11.3 Å². The topological polar surface area (TPSA) is 0 Å². The van der Waals surface area contributed by atoms with Gasteiger partial charge in [0.25, 0.3) is 0 Å². The average Bonchev–Trinajstić information content (AvgIpc) is 2.27. The number of rotatable bonds is 10. The average molecular weight is 438 g/mol. The van der Waals surface area contributed by atoms with Gasteiger partial charge in [0, 0.05) is 0 Å². The van der Waals surface area contributed by atoms with Crippen LogP contribution in [0.15, 0.2) is 0 Å². The molecule has 0 aliphatic rings. The molecule has 0 aromatic heterocycles. The second-order valence-corrected chi connectivity index (χ2v) is 12.1. The van der Waals surface area contributed by atoms with Gasteiger partial charge in [-0.05, 0) is 42.4 Å². The molecule has 0 fully saturated rings. The standard InChI is InChI=1S/C15H34P2.2BrH/c1-7-9-11-16(14(3)4)13-17(15(5)6)12-10-8-2;;/h14-15H,7-13H2,1-6H3;2*1H. The fraction of sp³-hybridized carbons (Fsp3) is 1.00. The molecule has 2 unspecified atom stereocenters. The summed E-state index contributed by atoms with van der Waals surface area (Å²) in [6.07, 6.45) is 8.72. The molecule has 2 atom stereocenters. The Kier molecular flexibility index (Phi) is 22.0. The highest BCUT2D eigenvalue weighted by Gasteiger charge is 2.19. The van der Waals surface area contributed by atoms with E-state index in [1.54, 1.807) is 5.90 Å². The van der Waals surface area contributed by atoms with E-state index in [0.29, 0.717) is 15.8 Å². The van der Waals surface area contributed by atoms with Crippen molar-refractivity contribution < 1.29 is 0 Å². The van der Waals surface area contributed by atoms with Crippen molar-refractivity contribution >= 4 is 49.8 Å². The van der Waals surface area contributed by atoms with Crippen LogP contribution in [0, 0.1) is 0 Å².